The number of hydrogen-bond acceptors (Lipinski definition) is 2. The monoisotopic (exact) mass is 135 g/mol. The van der Waals surface area contributed by atoms with Crippen molar-refractivity contribution < 1.29 is 0 Å². The fourth-order valence-corrected chi connectivity index (χ4v) is 1.15. The van der Waals surface area contributed by atoms with Gasteiger partial charge in [-0.3, -0.25) is 0 Å². The van der Waals surface area contributed by atoms with E-state index in [0.717, 1.165) is 12.4 Å². The van der Waals surface area contributed by atoms with Crippen molar-refractivity contribution in [1.82, 2.24) is 10.3 Å². The van der Waals surface area contributed by atoms with Gasteiger partial charge in [0.15, 0.2) is 0 Å². The molecular weight excluding hydrogens is 126 g/mol. The largest absolute Gasteiger partial charge is 0.372 e. The van der Waals surface area contributed by atoms with Gasteiger partial charge in [0, 0.05) is 17.8 Å². The minimum Gasteiger partial charge on any atom is -0.372 e. The Labute approximate surface area is 59.2 Å². The quantitative estimate of drug-likeness (QED) is 0.549. The number of rotatable bonds is 0. The van der Waals surface area contributed by atoms with Crippen molar-refractivity contribution in [2.75, 3.05) is 0 Å². The predicted molar refractivity (Wildman–Crippen MR) is 40.5 cm³/mol. The third-order valence-corrected chi connectivity index (χ3v) is 1.59. The first-order chi connectivity index (χ1) is 4.86. The van der Waals surface area contributed by atoms with Crippen molar-refractivity contribution in [1.29, 1.82) is 0 Å². The number of aliphatic imine (C=N–C) groups is 1. The lowest BCUT2D eigenvalue weighted by Gasteiger charge is -2.04. The van der Waals surface area contributed by atoms with E-state index < -0.39 is 0 Å². The van der Waals surface area contributed by atoms with Gasteiger partial charge in [0.1, 0.15) is 5.82 Å². The van der Waals surface area contributed by atoms with E-state index in [4.69, 9.17) is 0 Å². The van der Waals surface area contributed by atoms with Gasteiger partial charge >= 0.3 is 0 Å². The van der Waals surface area contributed by atoms with Crippen molar-refractivity contribution >= 4 is 12.2 Å². The van der Waals surface area contributed by atoms with Crippen LogP contribution in [-0.2, 0) is 6.54 Å². The number of H-pyrrole nitrogens is 1. The molecule has 2 heterocycles. The Bertz CT molecular complexity index is 272. The molecule has 1 aromatic heterocycles. The van der Waals surface area contributed by atoms with Crippen LogP contribution in [0.15, 0.2) is 11.1 Å². The highest BCUT2D eigenvalue weighted by Crippen LogP contribution is 2.20. The highest BCUT2D eigenvalue weighted by molar-refractivity contribution is 5.64. The molecule has 3 nitrogen and oxygen atoms in total. The molecular formula is C7H9N3. The van der Waals surface area contributed by atoms with E-state index in [1.54, 1.807) is 6.34 Å². The normalized spacial score (nSPS) is 14.5. The second kappa shape index (κ2) is 1.87. The van der Waals surface area contributed by atoms with E-state index in [1.807, 2.05) is 6.92 Å². The fourth-order valence-electron chi connectivity index (χ4n) is 1.15. The molecule has 3 heteroatoms. The van der Waals surface area contributed by atoms with Crippen LogP contribution in [0.3, 0.4) is 0 Å². The maximum atomic E-state index is 4.12. The molecule has 10 heavy (non-hydrogen) atoms. The van der Waals surface area contributed by atoms with Crippen LogP contribution in [0, 0.1) is 6.92 Å². The van der Waals surface area contributed by atoms with Gasteiger partial charge < -0.3 is 10.3 Å². The molecule has 52 valence electrons. The third-order valence-electron chi connectivity index (χ3n) is 1.59. The number of hydrogen-bond donors (Lipinski definition) is 2. The second-order valence-electron chi connectivity index (χ2n) is 2.47. The zero-order valence-corrected chi connectivity index (χ0v) is 5.81. The molecule has 0 saturated carbocycles. The third kappa shape index (κ3) is 0.708. The van der Waals surface area contributed by atoms with Crippen LogP contribution >= 0.6 is 0 Å². The van der Waals surface area contributed by atoms with Crippen LogP contribution in [-0.4, -0.2) is 11.3 Å². The minimum absolute atomic E-state index is 0.892. The van der Waals surface area contributed by atoms with Crippen molar-refractivity contribution in [3.8, 4) is 0 Å². The zero-order chi connectivity index (χ0) is 6.97. The van der Waals surface area contributed by atoms with Crippen LogP contribution in [0.5, 0.6) is 0 Å². The summed E-state index contributed by atoms with van der Waals surface area (Å²) in [6, 6.07) is 2.11. The fraction of sp³-hybridized carbons (Fsp3) is 0.286. The van der Waals surface area contributed by atoms with Crippen LogP contribution in [0.1, 0.15) is 11.3 Å². The summed E-state index contributed by atoms with van der Waals surface area (Å²) in [5, 5.41) is 3.04. The lowest BCUT2D eigenvalue weighted by atomic mass is 10.3. The minimum atomic E-state index is 0.892. The Kier molecular flexibility index (Phi) is 1.03. The van der Waals surface area contributed by atoms with Gasteiger partial charge in [0.2, 0.25) is 0 Å². The molecule has 1 aliphatic rings. The standard InChI is InChI=1S/C7H9N3/c1-5-2-6-3-8-4-9-7(6)10-5/h2,4,10H,3H2,1H3,(H,8,9). The molecule has 0 unspecified atom stereocenters. The summed E-state index contributed by atoms with van der Waals surface area (Å²) < 4.78 is 0. The van der Waals surface area contributed by atoms with E-state index >= 15 is 0 Å². The average Bonchev–Trinajstić information content (AvgIpc) is 2.27. The number of aryl methyl sites for hydroxylation is 1. The SMILES string of the molecule is Cc1cc2c([nH]1)N=CNC2. The Hall–Kier alpha value is -1.25. The molecule has 0 fully saturated rings. The van der Waals surface area contributed by atoms with Crippen molar-refractivity contribution in [3.63, 3.8) is 0 Å². The van der Waals surface area contributed by atoms with Crippen LogP contribution in [0.4, 0.5) is 5.82 Å². The molecule has 1 aliphatic heterocycles. The number of aromatic amines is 1. The molecule has 0 radical (unpaired) electrons. The maximum absolute atomic E-state index is 4.12. The van der Waals surface area contributed by atoms with Crippen LogP contribution < -0.4 is 5.32 Å². The Morgan fingerprint density at radius 1 is 1.60 bits per heavy atom. The second-order valence-corrected chi connectivity index (χ2v) is 2.47. The van der Waals surface area contributed by atoms with Gasteiger partial charge in [-0.25, -0.2) is 4.99 Å². The summed E-state index contributed by atoms with van der Waals surface area (Å²) in [6.45, 7) is 2.93. The summed E-state index contributed by atoms with van der Waals surface area (Å²) in [7, 11) is 0. The van der Waals surface area contributed by atoms with E-state index in [1.165, 1.54) is 11.3 Å². The maximum Gasteiger partial charge on any atom is 0.136 e. The topological polar surface area (TPSA) is 40.2 Å². The number of nitrogens with zero attached hydrogens (tertiary/aromatic N) is 1. The van der Waals surface area contributed by atoms with Crippen LogP contribution in [0.2, 0.25) is 0 Å². The number of nitrogens with one attached hydrogen (secondary N) is 2. The number of fused-ring (bicyclic) bond motifs is 1. The molecule has 0 amide bonds. The van der Waals surface area contributed by atoms with E-state index in [-0.39, 0.29) is 0 Å². The summed E-state index contributed by atoms with van der Waals surface area (Å²) >= 11 is 0. The Morgan fingerprint density at radius 3 is 3.30 bits per heavy atom. The molecule has 2 rings (SSSR count). The van der Waals surface area contributed by atoms with Gasteiger partial charge in [-0.1, -0.05) is 0 Å². The van der Waals surface area contributed by atoms with Gasteiger partial charge in [0.05, 0.1) is 6.34 Å². The average molecular weight is 135 g/mol. The highest BCUT2D eigenvalue weighted by Gasteiger charge is 2.05. The first-order valence-electron chi connectivity index (χ1n) is 3.30. The first-order valence-corrected chi connectivity index (χ1v) is 3.30. The summed E-state index contributed by atoms with van der Waals surface area (Å²) in [5.41, 5.74) is 2.42. The summed E-state index contributed by atoms with van der Waals surface area (Å²) in [5.74, 6) is 0.997. The summed E-state index contributed by atoms with van der Waals surface area (Å²) in [6.07, 6.45) is 1.72. The van der Waals surface area contributed by atoms with Gasteiger partial charge in [-0.05, 0) is 13.0 Å². The zero-order valence-electron chi connectivity index (χ0n) is 5.81. The molecule has 0 saturated heterocycles. The van der Waals surface area contributed by atoms with Crippen LogP contribution in [0.25, 0.3) is 0 Å². The molecule has 0 aromatic carbocycles. The summed E-state index contributed by atoms with van der Waals surface area (Å²) in [4.78, 5) is 7.28. The van der Waals surface area contributed by atoms with E-state index in [2.05, 4.69) is 21.4 Å². The molecule has 1 aromatic rings. The molecule has 0 atom stereocenters. The molecule has 0 bridgehead atoms. The highest BCUT2D eigenvalue weighted by atomic mass is 15.0. The Morgan fingerprint density at radius 2 is 2.50 bits per heavy atom. The van der Waals surface area contributed by atoms with Crippen molar-refractivity contribution in [2.24, 2.45) is 4.99 Å². The molecule has 0 spiro atoms. The lowest BCUT2D eigenvalue weighted by Crippen LogP contribution is -2.12. The van der Waals surface area contributed by atoms with Crippen molar-refractivity contribution in [2.45, 2.75) is 13.5 Å². The van der Waals surface area contributed by atoms with Crippen molar-refractivity contribution in [3.05, 3.63) is 17.3 Å². The lowest BCUT2D eigenvalue weighted by molar-refractivity contribution is 0.913. The molecule has 0 aliphatic carbocycles. The smallest absolute Gasteiger partial charge is 0.136 e. The Balaban J connectivity index is 2.53. The number of aromatic nitrogens is 1. The van der Waals surface area contributed by atoms with Gasteiger partial charge in [-0.2, -0.15) is 0 Å². The predicted octanol–water partition coefficient (Wildman–Crippen LogP) is 1.09. The van der Waals surface area contributed by atoms with Gasteiger partial charge in [-0.15, -0.1) is 0 Å². The molecule has 2 N–H and O–H groups in total. The van der Waals surface area contributed by atoms with E-state index in [0.29, 0.717) is 0 Å². The van der Waals surface area contributed by atoms with Gasteiger partial charge in [0.25, 0.3) is 0 Å². The first kappa shape index (κ1) is 5.53. The van der Waals surface area contributed by atoms with E-state index in [9.17, 15) is 0 Å².